The highest BCUT2D eigenvalue weighted by Crippen LogP contribution is 2.07. The Morgan fingerprint density at radius 3 is 2.29 bits per heavy atom. The topological polar surface area (TPSA) is 71.1 Å². The van der Waals surface area contributed by atoms with E-state index >= 15 is 0 Å². The fourth-order valence-corrected chi connectivity index (χ4v) is 2.09. The first-order valence-corrected chi connectivity index (χ1v) is 6.41. The molecule has 0 aliphatic carbocycles. The van der Waals surface area contributed by atoms with Gasteiger partial charge >= 0.3 is 0 Å². The molecule has 0 fully saturated rings. The molecule has 0 amide bonds. The van der Waals surface area contributed by atoms with Crippen molar-refractivity contribution in [3.8, 4) is 0 Å². The van der Waals surface area contributed by atoms with Crippen molar-refractivity contribution in [2.24, 2.45) is 0 Å². The van der Waals surface area contributed by atoms with E-state index in [1.54, 1.807) is 42.6 Å². The average Bonchev–Trinajstić information content (AvgIpc) is 2.39. The summed E-state index contributed by atoms with van der Waals surface area (Å²) < 4.78 is 23.6. The standard InChI is InChI=1S/C11H11N3O2S/c15-17(16,10-6-2-1-3-7-10)14-13-11-8-4-5-9-12-11/h1-9,14H,(H,12,13). The van der Waals surface area contributed by atoms with Gasteiger partial charge in [0.1, 0.15) is 5.82 Å². The minimum Gasteiger partial charge on any atom is -0.292 e. The maximum absolute atomic E-state index is 11.8. The molecule has 0 saturated heterocycles. The molecule has 0 bridgehead atoms. The van der Waals surface area contributed by atoms with Crippen LogP contribution in [0.25, 0.3) is 0 Å². The Labute approximate surface area is 99.5 Å². The summed E-state index contributed by atoms with van der Waals surface area (Å²) in [4.78, 5) is 6.39. The molecule has 2 rings (SSSR count). The minimum absolute atomic E-state index is 0.198. The number of sulfonamides is 1. The number of nitrogens with zero attached hydrogens (tertiary/aromatic N) is 1. The van der Waals surface area contributed by atoms with Crippen LogP contribution in [0.2, 0.25) is 0 Å². The second-order valence-corrected chi connectivity index (χ2v) is 4.94. The van der Waals surface area contributed by atoms with Gasteiger partial charge in [-0.05, 0) is 24.3 Å². The molecular formula is C11H11N3O2S. The van der Waals surface area contributed by atoms with E-state index in [-0.39, 0.29) is 4.90 Å². The molecule has 6 heteroatoms. The van der Waals surface area contributed by atoms with Crippen molar-refractivity contribution in [2.75, 3.05) is 5.43 Å². The molecule has 1 heterocycles. The van der Waals surface area contributed by atoms with Gasteiger partial charge in [0, 0.05) is 6.20 Å². The van der Waals surface area contributed by atoms with Crippen LogP contribution in [0.1, 0.15) is 0 Å². The lowest BCUT2D eigenvalue weighted by molar-refractivity contribution is 0.587. The Hall–Kier alpha value is -1.92. The molecule has 1 aromatic heterocycles. The summed E-state index contributed by atoms with van der Waals surface area (Å²) in [7, 11) is -3.56. The van der Waals surface area contributed by atoms with Crippen LogP contribution in [0.5, 0.6) is 0 Å². The van der Waals surface area contributed by atoms with Crippen LogP contribution < -0.4 is 10.3 Å². The molecule has 0 aliphatic rings. The van der Waals surface area contributed by atoms with E-state index in [1.807, 2.05) is 0 Å². The van der Waals surface area contributed by atoms with Gasteiger partial charge in [0.15, 0.2) is 0 Å². The lowest BCUT2D eigenvalue weighted by atomic mass is 10.4. The highest BCUT2D eigenvalue weighted by Gasteiger charge is 2.12. The van der Waals surface area contributed by atoms with Crippen LogP contribution in [0, 0.1) is 0 Å². The molecule has 0 aliphatic heterocycles. The number of anilines is 1. The first-order valence-electron chi connectivity index (χ1n) is 4.92. The van der Waals surface area contributed by atoms with Crippen LogP contribution in [-0.2, 0) is 10.0 Å². The van der Waals surface area contributed by atoms with Crippen molar-refractivity contribution < 1.29 is 8.42 Å². The summed E-state index contributed by atoms with van der Waals surface area (Å²) >= 11 is 0. The molecule has 0 saturated carbocycles. The molecule has 2 N–H and O–H groups in total. The van der Waals surface area contributed by atoms with Crippen LogP contribution in [-0.4, -0.2) is 13.4 Å². The first-order chi connectivity index (χ1) is 8.18. The van der Waals surface area contributed by atoms with E-state index in [9.17, 15) is 8.42 Å². The molecule has 2 aromatic rings. The van der Waals surface area contributed by atoms with Crippen LogP contribution in [0.4, 0.5) is 5.82 Å². The first kappa shape index (κ1) is 11.6. The van der Waals surface area contributed by atoms with E-state index in [4.69, 9.17) is 0 Å². The Morgan fingerprint density at radius 2 is 1.65 bits per heavy atom. The maximum atomic E-state index is 11.8. The monoisotopic (exact) mass is 249 g/mol. The third-order valence-electron chi connectivity index (χ3n) is 2.03. The predicted molar refractivity (Wildman–Crippen MR) is 64.6 cm³/mol. The van der Waals surface area contributed by atoms with Crippen LogP contribution in [0.3, 0.4) is 0 Å². The van der Waals surface area contributed by atoms with E-state index < -0.39 is 10.0 Å². The fraction of sp³-hybridized carbons (Fsp3) is 0. The Morgan fingerprint density at radius 1 is 0.941 bits per heavy atom. The minimum atomic E-state index is -3.56. The summed E-state index contributed by atoms with van der Waals surface area (Å²) in [6.45, 7) is 0. The number of rotatable bonds is 4. The molecule has 17 heavy (non-hydrogen) atoms. The van der Waals surface area contributed by atoms with Crippen LogP contribution >= 0.6 is 0 Å². The Bertz CT molecular complexity index is 570. The Balaban J connectivity index is 2.09. The number of benzene rings is 1. The summed E-state index contributed by atoms with van der Waals surface area (Å²) in [6, 6.07) is 13.3. The van der Waals surface area contributed by atoms with E-state index in [1.165, 1.54) is 12.1 Å². The predicted octanol–water partition coefficient (Wildman–Crippen LogP) is 1.39. The third-order valence-corrected chi connectivity index (χ3v) is 3.30. The van der Waals surface area contributed by atoms with Gasteiger partial charge in [-0.3, -0.25) is 5.43 Å². The SMILES string of the molecule is O=S(=O)(NNc1ccccn1)c1ccccc1. The van der Waals surface area contributed by atoms with E-state index in [0.29, 0.717) is 5.82 Å². The zero-order chi connectivity index (χ0) is 12.1. The molecule has 0 radical (unpaired) electrons. The number of pyridine rings is 1. The van der Waals surface area contributed by atoms with Gasteiger partial charge in [-0.1, -0.05) is 24.3 Å². The third kappa shape index (κ3) is 3.02. The number of hydrazine groups is 1. The van der Waals surface area contributed by atoms with Gasteiger partial charge in [0.2, 0.25) is 0 Å². The summed E-state index contributed by atoms with van der Waals surface area (Å²) in [5, 5.41) is 0. The lowest BCUT2D eigenvalue weighted by Gasteiger charge is -2.08. The molecule has 0 spiro atoms. The lowest BCUT2D eigenvalue weighted by Crippen LogP contribution is -2.29. The molecule has 0 unspecified atom stereocenters. The van der Waals surface area contributed by atoms with Crippen molar-refractivity contribution in [1.82, 2.24) is 9.82 Å². The summed E-state index contributed by atoms with van der Waals surface area (Å²) in [5.41, 5.74) is 2.53. The highest BCUT2D eigenvalue weighted by atomic mass is 32.2. The zero-order valence-corrected chi connectivity index (χ0v) is 9.68. The molecule has 88 valence electrons. The molecule has 1 aromatic carbocycles. The van der Waals surface area contributed by atoms with Crippen molar-refractivity contribution in [1.29, 1.82) is 0 Å². The average molecular weight is 249 g/mol. The van der Waals surface area contributed by atoms with Crippen molar-refractivity contribution in [2.45, 2.75) is 4.90 Å². The number of nitrogens with one attached hydrogen (secondary N) is 2. The normalized spacial score (nSPS) is 11.1. The smallest absolute Gasteiger partial charge is 0.257 e. The number of aromatic nitrogens is 1. The van der Waals surface area contributed by atoms with Gasteiger partial charge in [-0.25, -0.2) is 13.4 Å². The quantitative estimate of drug-likeness (QED) is 0.803. The van der Waals surface area contributed by atoms with Gasteiger partial charge in [-0.15, -0.1) is 4.83 Å². The van der Waals surface area contributed by atoms with Gasteiger partial charge < -0.3 is 0 Å². The summed E-state index contributed by atoms with van der Waals surface area (Å²) in [6.07, 6.45) is 1.57. The van der Waals surface area contributed by atoms with Gasteiger partial charge in [0.05, 0.1) is 4.90 Å². The van der Waals surface area contributed by atoms with E-state index in [2.05, 4.69) is 15.2 Å². The van der Waals surface area contributed by atoms with E-state index in [0.717, 1.165) is 0 Å². The summed E-state index contributed by atoms with van der Waals surface area (Å²) in [5.74, 6) is 0.437. The highest BCUT2D eigenvalue weighted by molar-refractivity contribution is 7.89. The van der Waals surface area contributed by atoms with Gasteiger partial charge in [-0.2, -0.15) is 0 Å². The molecule has 5 nitrogen and oxygen atoms in total. The van der Waals surface area contributed by atoms with Crippen molar-refractivity contribution >= 4 is 15.8 Å². The largest absolute Gasteiger partial charge is 0.292 e. The van der Waals surface area contributed by atoms with Crippen molar-refractivity contribution in [3.63, 3.8) is 0 Å². The van der Waals surface area contributed by atoms with Crippen molar-refractivity contribution in [3.05, 3.63) is 54.7 Å². The maximum Gasteiger partial charge on any atom is 0.257 e. The number of hydrogen-bond acceptors (Lipinski definition) is 4. The number of hydrogen-bond donors (Lipinski definition) is 2. The van der Waals surface area contributed by atoms with Gasteiger partial charge in [0.25, 0.3) is 10.0 Å². The molecular weight excluding hydrogens is 238 g/mol. The zero-order valence-electron chi connectivity index (χ0n) is 8.87. The second kappa shape index (κ2) is 4.94. The Kier molecular flexibility index (Phi) is 3.36. The van der Waals surface area contributed by atoms with Crippen LogP contribution in [0.15, 0.2) is 59.6 Å². The molecule has 0 atom stereocenters. The second-order valence-electron chi connectivity index (χ2n) is 3.26. The fourth-order valence-electron chi connectivity index (χ4n) is 1.21.